The molecule has 6 heteroatoms. The molecular formula is C10H7N3O2S. The van der Waals surface area contributed by atoms with E-state index < -0.39 is 4.92 Å². The van der Waals surface area contributed by atoms with Crippen LogP contribution in [-0.2, 0) is 0 Å². The highest BCUT2D eigenvalue weighted by Crippen LogP contribution is 2.16. The minimum absolute atomic E-state index is 0.0584. The summed E-state index contributed by atoms with van der Waals surface area (Å²) in [7, 11) is 0. The topological polar surface area (TPSA) is 68.4 Å². The van der Waals surface area contributed by atoms with E-state index >= 15 is 0 Å². The minimum Gasteiger partial charge on any atom is -0.258 e. The van der Waals surface area contributed by atoms with Crippen molar-refractivity contribution >= 4 is 28.4 Å². The molecule has 0 N–H and O–H groups in total. The molecule has 1 aromatic carbocycles. The fourth-order valence-electron chi connectivity index (χ4n) is 1.13. The number of aliphatic imine (C=N–C) groups is 1. The number of nitro groups is 1. The van der Waals surface area contributed by atoms with Crippen molar-refractivity contribution in [3.05, 3.63) is 51.5 Å². The predicted octanol–water partition coefficient (Wildman–Crippen LogP) is 2.80. The van der Waals surface area contributed by atoms with Crippen LogP contribution in [0.5, 0.6) is 0 Å². The second-order valence-electron chi connectivity index (χ2n) is 2.92. The van der Waals surface area contributed by atoms with Gasteiger partial charge < -0.3 is 0 Å². The molecule has 0 saturated heterocycles. The lowest BCUT2D eigenvalue weighted by atomic mass is 10.2. The summed E-state index contributed by atoms with van der Waals surface area (Å²) in [6.07, 6.45) is 3.22. The number of benzene rings is 1. The average molecular weight is 233 g/mol. The minimum atomic E-state index is -0.430. The third-order valence-corrected chi connectivity index (χ3v) is 2.50. The van der Waals surface area contributed by atoms with E-state index in [1.807, 2.05) is 5.38 Å². The van der Waals surface area contributed by atoms with Crippen molar-refractivity contribution in [1.29, 1.82) is 0 Å². The van der Waals surface area contributed by atoms with Gasteiger partial charge in [0.15, 0.2) is 0 Å². The zero-order valence-corrected chi connectivity index (χ0v) is 8.92. The number of rotatable bonds is 3. The summed E-state index contributed by atoms with van der Waals surface area (Å²) in [5.41, 5.74) is 0.743. The maximum absolute atomic E-state index is 10.5. The number of aromatic nitrogens is 1. The van der Waals surface area contributed by atoms with Crippen molar-refractivity contribution in [2.24, 2.45) is 4.99 Å². The van der Waals surface area contributed by atoms with E-state index in [1.54, 1.807) is 24.5 Å². The molecule has 2 aromatic rings. The molecule has 5 nitrogen and oxygen atoms in total. The first kappa shape index (κ1) is 10.4. The van der Waals surface area contributed by atoms with Gasteiger partial charge in [-0.1, -0.05) is 12.1 Å². The van der Waals surface area contributed by atoms with Crippen LogP contribution in [0.4, 0.5) is 10.8 Å². The van der Waals surface area contributed by atoms with Crippen molar-refractivity contribution in [3.63, 3.8) is 0 Å². The maximum Gasteiger partial charge on any atom is 0.270 e. The van der Waals surface area contributed by atoms with E-state index in [2.05, 4.69) is 9.98 Å². The summed E-state index contributed by atoms with van der Waals surface area (Å²) < 4.78 is 0. The highest BCUT2D eigenvalue weighted by molar-refractivity contribution is 7.13. The van der Waals surface area contributed by atoms with Crippen LogP contribution in [0.2, 0.25) is 0 Å². The van der Waals surface area contributed by atoms with E-state index in [4.69, 9.17) is 0 Å². The summed E-state index contributed by atoms with van der Waals surface area (Å²) in [5, 5.41) is 13.0. The smallest absolute Gasteiger partial charge is 0.258 e. The van der Waals surface area contributed by atoms with Gasteiger partial charge in [0.1, 0.15) is 0 Å². The summed E-state index contributed by atoms with van der Waals surface area (Å²) >= 11 is 1.41. The van der Waals surface area contributed by atoms with Gasteiger partial charge in [-0.2, -0.15) is 0 Å². The second-order valence-corrected chi connectivity index (χ2v) is 3.80. The zero-order valence-electron chi connectivity index (χ0n) is 8.11. The Morgan fingerprint density at radius 2 is 2.38 bits per heavy atom. The van der Waals surface area contributed by atoms with E-state index in [9.17, 15) is 10.1 Å². The van der Waals surface area contributed by atoms with Gasteiger partial charge in [-0.15, -0.1) is 11.3 Å². The van der Waals surface area contributed by atoms with Gasteiger partial charge in [0.05, 0.1) is 4.92 Å². The molecule has 80 valence electrons. The fraction of sp³-hybridized carbons (Fsp3) is 0. The number of non-ortho nitro benzene ring substituents is 1. The van der Waals surface area contributed by atoms with Crippen molar-refractivity contribution in [3.8, 4) is 0 Å². The molecule has 0 radical (unpaired) electrons. The maximum atomic E-state index is 10.5. The Balaban J connectivity index is 2.22. The van der Waals surface area contributed by atoms with Crippen LogP contribution in [0.3, 0.4) is 0 Å². The Bertz CT molecular complexity index is 523. The van der Waals surface area contributed by atoms with Crippen LogP contribution in [-0.4, -0.2) is 16.1 Å². The Morgan fingerprint density at radius 1 is 1.50 bits per heavy atom. The number of hydrogen-bond donors (Lipinski definition) is 0. The molecule has 0 aliphatic carbocycles. The van der Waals surface area contributed by atoms with Crippen LogP contribution in [0.15, 0.2) is 40.8 Å². The van der Waals surface area contributed by atoms with Crippen LogP contribution >= 0.6 is 11.3 Å². The van der Waals surface area contributed by atoms with Gasteiger partial charge in [-0.05, 0) is 5.56 Å². The Morgan fingerprint density at radius 3 is 3.06 bits per heavy atom. The lowest BCUT2D eigenvalue weighted by Gasteiger charge is -1.92. The van der Waals surface area contributed by atoms with Crippen molar-refractivity contribution in [2.45, 2.75) is 0 Å². The number of thiazole rings is 1. The van der Waals surface area contributed by atoms with Gasteiger partial charge in [0, 0.05) is 29.9 Å². The summed E-state index contributed by atoms with van der Waals surface area (Å²) in [6.45, 7) is 0. The molecule has 2 rings (SSSR count). The number of nitro benzene ring substituents is 1. The number of hydrogen-bond acceptors (Lipinski definition) is 5. The standard InChI is InChI=1S/C10H7N3O2S/c14-13(15)9-3-1-2-8(6-9)7-12-10-11-4-5-16-10/h1-7H/b12-7+. The predicted molar refractivity (Wildman–Crippen MR) is 62.5 cm³/mol. The molecule has 0 unspecified atom stereocenters. The fourth-order valence-corrected chi connectivity index (χ4v) is 1.61. The van der Waals surface area contributed by atoms with Crippen molar-refractivity contribution in [2.75, 3.05) is 0 Å². The molecule has 0 saturated carbocycles. The third kappa shape index (κ3) is 2.48. The number of nitrogens with zero attached hydrogens (tertiary/aromatic N) is 3. The normalized spacial score (nSPS) is 10.8. The van der Waals surface area contributed by atoms with Gasteiger partial charge in [-0.3, -0.25) is 10.1 Å². The molecule has 0 aliphatic rings. The molecule has 0 amide bonds. The second kappa shape index (κ2) is 4.63. The first-order chi connectivity index (χ1) is 7.75. The molecule has 0 atom stereocenters. The molecule has 1 aromatic heterocycles. The lowest BCUT2D eigenvalue weighted by molar-refractivity contribution is -0.384. The average Bonchev–Trinajstić information content (AvgIpc) is 2.79. The van der Waals surface area contributed by atoms with Gasteiger partial charge in [0.2, 0.25) is 5.13 Å². The van der Waals surface area contributed by atoms with E-state index in [0.29, 0.717) is 10.7 Å². The SMILES string of the molecule is O=[N+]([O-])c1cccc(/C=N/c2nccs2)c1. The Hall–Kier alpha value is -2.08. The molecule has 16 heavy (non-hydrogen) atoms. The molecule has 0 fully saturated rings. The van der Waals surface area contributed by atoms with Gasteiger partial charge >= 0.3 is 0 Å². The van der Waals surface area contributed by atoms with Crippen LogP contribution in [0.25, 0.3) is 0 Å². The zero-order chi connectivity index (χ0) is 11.4. The first-order valence-corrected chi connectivity index (χ1v) is 5.32. The highest BCUT2D eigenvalue weighted by Gasteiger charge is 2.03. The summed E-state index contributed by atoms with van der Waals surface area (Å²) in [6, 6.07) is 6.29. The van der Waals surface area contributed by atoms with Crippen molar-refractivity contribution in [1.82, 2.24) is 4.98 Å². The van der Waals surface area contributed by atoms with Crippen molar-refractivity contribution < 1.29 is 4.92 Å². The monoisotopic (exact) mass is 233 g/mol. The summed E-state index contributed by atoms with van der Waals surface area (Å²) in [4.78, 5) is 18.2. The van der Waals surface area contributed by atoms with Crippen LogP contribution in [0.1, 0.15) is 5.56 Å². The molecule has 0 bridgehead atoms. The molecular weight excluding hydrogens is 226 g/mol. The van der Waals surface area contributed by atoms with E-state index in [1.165, 1.54) is 23.5 Å². The van der Waals surface area contributed by atoms with Crippen LogP contribution < -0.4 is 0 Å². The largest absolute Gasteiger partial charge is 0.270 e. The Kier molecular flexibility index (Phi) is 3.02. The van der Waals surface area contributed by atoms with E-state index in [-0.39, 0.29) is 5.69 Å². The molecule has 0 aliphatic heterocycles. The molecule has 1 heterocycles. The van der Waals surface area contributed by atoms with Crippen LogP contribution in [0, 0.1) is 10.1 Å². The van der Waals surface area contributed by atoms with E-state index in [0.717, 1.165) is 0 Å². The lowest BCUT2D eigenvalue weighted by Crippen LogP contribution is -1.89. The van der Waals surface area contributed by atoms with Gasteiger partial charge in [-0.25, -0.2) is 9.98 Å². The van der Waals surface area contributed by atoms with Gasteiger partial charge in [0.25, 0.3) is 5.69 Å². The molecule has 0 spiro atoms. The highest BCUT2D eigenvalue weighted by atomic mass is 32.1. The summed E-state index contributed by atoms with van der Waals surface area (Å²) in [5.74, 6) is 0. The quantitative estimate of drug-likeness (QED) is 0.465. The first-order valence-electron chi connectivity index (χ1n) is 4.44. The Labute approximate surface area is 95.3 Å². The third-order valence-electron chi connectivity index (χ3n) is 1.82.